The summed E-state index contributed by atoms with van der Waals surface area (Å²) in [6.07, 6.45) is 0.0168. The maximum absolute atomic E-state index is 13.3. The Kier molecular flexibility index (Phi) is 6.98. The van der Waals surface area contributed by atoms with E-state index in [4.69, 9.17) is 4.74 Å². The van der Waals surface area contributed by atoms with Gasteiger partial charge in [0.25, 0.3) is 0 Å². The molecule has 0 saturated heterocycles. The van der Waals surface area contributed by atoms with E-state index in [2.05, 4.69) is 15.5 Å². The summed E-state index contributed by atoms with van der Waals surface area (Å²) >= 11 is 0. The zero-order valence-corrected chi connectivity index (χ0v) is 15.9. The molecular weight excluding hydrogens is 353 g/mol. The molecule has 0 bridgehead atoms. The van der Waals surface area contributed by atoms with Gasteiger partial charge in [0.05, 0.1) is 6.61 Å². The van der Waals surface area contributed by atoms with Crippen molar-refractivity contribution < 1.29 is 18.7 Å². The molecule has 0 radical (unpaired) electrons. The maximum atomic E-state index is 13.3. The molecule has 146 valence electrons. The summed E-state index contributed by atoms with van der Waals surface area (Å²) in [4.78, 5) is 27.2. The Bertz CT molecular complexity index is 776. The predicted molar refractivity (Wildman–Crippen MR) is 96.3 cm³/mol. The molecule has 9 heteroatoms. The highest BCUT2D eigenvalue weighted by atomic mass is 19.1. The summed E-state index contributed by atoms with van der Waals surface area (Å²) in [5, 5.41) is 11.4. The van der Waals surface area contributed by atoms with E-state index in [1.807, 2.05) is 20.8 Å². The molecule has 1 aromatic heterocycles. The minimum absolute atomic E-state index is 0.0168. The van der Waals surface area contributed by atoms with Crippen molar-refractivity contribution in [1.82, 2.24) is 20.2 Å². The largest absolute Gasteiger partial charge is 0.465 e. The van der Waals surface area contributed by atoms with Gasteiger partial charge < -0.3 is 9.64 Å². The van der Waals surface area contributed by atoms with Gasteiger partial charge in [-0.15, -0.1) is 5.10 Å². The van der Waals surface area contributed by atoms with E-state index in [1.165, 1.54) is 33.8 Å². The normalized spacial score (nSPS) is 12.1. The van der Waals surface area contributed by atoms with Crippen LogP contribution < -0.4 is 4.90 Å². The van der Waals surface area contributed by atoms with Crippen LogP contribution in [0.4, 0.5) is 10.1 Å². The van der Waals surface area contributed by atoms with Crippen molar-refractivity contribution in [3.8, 4) is 0 Å². The summed E-state index contributed by atoms with van der Waals surface area (Å²) < 4.78 is 19.9. The molecule has 0 N–H and O–H groups in total. The summed E-state index contributed by atoms with van der Waals surface area (Å²) in [5.74, 6) is -2.17. The zero-order chi connectivity index (χ0) is 20.0. The van der Waals surface area contributed by atoms with Gasteiger partial charge in [-0.25, -0.2) is 9.07 Å². The van der Waals surface area contributed by atoms with Gasteiger partial charge in [0.15, 0.2) is 5.82 Å². The fraction of sp³-hybridized carbons (Fsp3) is 0.500. The number of hydrogen-bond acceptors (Lipinski definition) is 6. The second kappa shape index (κ2) is 9.20. The average Bonchev–Trinajstić information content (AvgIpc) is 3.08. The predicted octanol–water partition coefficient (Wildman–Crippen LogP) is 2.00. The third-order valence-corrected chi connectivity index (χ3v) is 4.02. The van der Waals surface area contributed by atoms with Crippen molar-refractivity contribution in [3.05, 3.63) is 35.9 Å². The van der Waals surface area contributed by atoms with Crippen molar-refractivity contribution in [1.29, 1.82) is 0 Å². The Hall–Kier alpha value is -2.84. The highest BCUT2D eigenvalue weighted by molar-refractivity contribution is 6.06. The number of aryl methyl sites for hydroxylation is 1. The van der Waals surface area contributed by atoms with Crippen molar-refractivity contribution in [2.45, 2.75) is 46.7 Å². The van der Waals surface area contributed by atoms with Crippen LogP contribution in [0.15, 0.2) is 24.3 Å². The quantitative estimate of drug-likeness (QED) is 0.516. The Morgan fingerprint density at radius 2 is 1.89 bits per heavy atom. The van der Waals surface area contributed by atoms with E-state index >= 15 is 0 Å². The monoisotopic (exact) mass is 377 g/mol. The topological polar surface area (TPSA) is 90.2 Å². The number of ether oxygens (including phenoxy) is 1. The van der Waals surface area contributed by atoms with Crippen molar-refractivity contribution in [3.63, 3.8) is 0 Å². The van der Waals surface area contributed by atoms with Crippen LogP contribution in [0.1, 0.15) is 33.5 Å². The lowest BCUT2D eigenvalue weighted by Crippen LogP contribution is -2.45. The van der Waals surface area contributed by atoms with E-state index in [1.54, 1.807) is 6.92 Å². The van der Waals surface area contributed by atoms with Crippen molar-refractivity contribution in [2.24, 2.45) is 5.92 Å². The van der Waals surface area contributed by atoms with Crippen LogP contribution >= 0.6 is 0 Å². The molecule has 2 rings (SSSR count). The molecule has 0 aliphatic carbocycles. The number of tetrazole rings is 1. The fourth-order valence-electron chi connectivity index (χ4n) is 2.76. The highest BCUT2D eigenvalue weighted by Gasteiger charge is 2.35. The third kappa shape index (κ3) is 4.87. The molecule has 27 heavy (non-hydrogen) atoms. The molecule has 1 amide bonds. The van der Waals surface area contributed by atoms with Gasteiger partial charge in [0.1, 0.15) is 11.7 Å². The second-order valence-electron chi connectivity index (χ2n) is 6.20. The molecule has 1 atom stereocenters. The molecule has 1 heterocycles. The van der Waals surface area contributed by atoms with Gasteiger partial charge in [0.2, 0.25) is 5.91 Å². The van der Waals surface area contributed by atoms with Gasteiger partial charge in [-0.3, -0.25) is 9.59 Å². The number of nitrogens with zero attached hydrogens (tertiary/aromatic N) is 5. The first-order chi connectivity index (χ1) is 12.9. The zero-order valence-electron chi connectivity index (χ0n) is 15.9. The van der Waals surface area contributed by atoms with Crippen LogP contribution in [0.3, 0.4) is 0 Å². The highest BCUT2D eigenvalue weighted by Crippen LogP contribution is 2.22. The van der Waals surface area contributed by atoms with Gasteiger partial charge in [-0.1, -0.05) is 0 Å². The molecule has 0 aliphatic heterocycles. The first-order valence-corrected chi connectivity index (χ1v) is 8.89. The lowest BCUT2D eigenvalue weighted by Gasteiger charge is -2.30. The first-order valence-electron chi connectivity index (χ1n) is 8.89. The van der Waals surface area contributed by atoms with Gasteiger partial charge in [-0.05, 0) is 62.4 Å². The molecule has 0 aliphatic rings. The number of anilines is 1. The lowest BCUT2D eigenvalue weighted by atomic mass is 10.0. The van der Waals surface area contributed by atoms with Crippen LogP contribution in [0, 0.1) is 11.7 Å². The summed E-state index contributed by atoms with van der Waals surface area (Å²) in [6.45, 7) is 7.84. The number of rotatable bonds is 8. The van der Waals surface area contributed by atoms with E-state index < -0.39 is 23.6 Å². The Labute approximate surface area is 157 Å². The van der Waals surface area contributed by atoms with Gasteiger partial charge >= 0.3 is 5.97 Å². The van der Waals surface area contributed by atoms with E-state index in [9.17, 15) is 14.0 Å². The van der Waals surface area contributed by atoms with Gasteiger partial charge in [-0.2, -0.15) is 0 Å². The number of carbonyl (C=O) groups is 2. The van der Waals surface area contributed by atoms with E-state index in [0.717, 1.165) is 0 Å². The molecule has 0 spiro atoms. The summed E-state index contributed by atoms with van der Waals surface area (Å²) in [5.41, 5.74) is 0.501. The SMILES string of the molecule is CCOC(=O)C(Cc1nnnn1CC)C(=O)N(c1ccc(F)cc1)C(C)C. The maximum Gasteiger partial charge on any atom is 0.318 e. The number of amides is 1. The van der Waals surface area contributed by atoms with E-state index in [0.29, 0.717) is 18.1 Å². The molecule has 2 aromatic rings. The average molecular weight is 377 g/mol. The summed E-state index contributed by atoms with van der Waals surface area (Å²) in [7, 11) is 0. The molecule has 1 aromatic carbocycles. The molecule has 0 fully saturated rings. The van der Waals surface area contributed by atoms with E-state index in [-0.39, 0.29) is 19.1 Å². The number of aromatic nitrogens is 4. The third-order valence-electron chi connectivity index (χ3n) is 4.02. The fourth-order valence-corrected chi connectivity index (χ4v) is 2.76. The number of benzene rings is 1. The molecular formula is C18H24FN5O3. The van der Waals surface area contributed by atoms with Crippen LogP contribution in [0.2, 0.25) is 0 Å². The molecule has 1 unspecified atom stereocenters. The number of halogens is 1. The van der Waals surface area contributed by atoms with Crippen LogP contribution in [-0.4, -0.2) is 44.7 Å². The van der Waals surface area contributed by atoms with Crippen LogP contribution in [-0.2, 0) is 27.3 Å². The van der Waals surface area contributed by atoms with Crippen molar-refractivity contribution >= 4 is 17.6 Å². The molecule has 0 saturated carbocycles. The number of hydrogen-bond donors (Lipinski definition) is 0. The number of carbonyl (C=O) groups excluding carboxylic acids is 2. The number of esters is 1. The minimum Gasteiger partial charge on any atom is -0.465 e. The van der Waals surface area contributed by atoms with Crippen LogP contribution in [0.25, 0.3) is 0 Å². The second-order valence-corrected chi connectivity index (χ2v) is 6.20. The first kappa shape index (κ1) is 20.5. The Morgan fingerprint density at radius 1 is 1.22 bits per heavy atom. The molecule has 8 nitrogen and oxygen atoms in total. The Balaban J connectivity index is 2.37. The Morgan fingerprint density at radius 3 is 2.44 bits per heavy atom. The van der Waals surface area contributed by atoms with Crippen LogP contribution in [0.5, 0.6) is 0 Å². The summed E-state index contributed by atoms with van der Waals surface area (Å²) in [6, 6.07) is 5.31. The van der Waals surface area contributed by atoms with Crippen molar-refractivity contribution in [2.75, 3.05) is 11.5 Å². The smallest absolute Gasteiger partial charge is 0.318 e. The minimum atomic E-state index is -1.10. The van der Waals surface area contributed by atoms with Gasteiger partial charge in [0, 0.05) is 24.7 Å². The standard InChI is InChI=1S/C18H24FN5O3/c1-5-23-16(20-21-22-23)11-15(18(26)27-6-2)17(25)24(12(3)4)14-9-7-13(19)8-10-14/h7-10,12,15H,5-6,11H2,1-4H3. The lowest BCUT2D eigenvalue weighted by molar-refractivity contribution is -0.151.